The third-order valence-electron chi connectivity index (χ3n) is 7.17. The number of rotatable bonds is 5. The summed E-state index contributed by atoms with van der Waals surface area (Å²) < 4.78 is 48.8. The van der Waals surface area contributed by atoms with Gasteiger partial charge >= 0.3 is 0 Å². The van der Waals surface area contributed by atoms with Crippen molar-refractivity contribution in [3.05, 3.63) is 95.1 Å². The molecule has 0 unspecified atom stereocenters. The number of nitrogens with zero attached hydrogens (tertiary/aromatic N) is 2. The number of benzene rings is 4. The van der Waals surface area contributed by atoms with E-state index in [1.807, 2.05) is 0 Å². The second-order valence-corrected chi connectivity index (χ2v) is 13.0. The van der Waals surface area contributed by atoms with E-state index in [1.165, 1.54) is 60.7 Å². The number of hydrogen-bond donors (Lipinski definition) is 4. The SMILES string of the molecule is Nc1ccc(N2C(=O)c3ccc(-c4ccc5c(c4)C(=O)N(c4ccc(N)cc4S(N)(=O)=O)C5=O)cc3C2=O)c(S(N)(=O)=O)c1. The second kappa shape index (κ2) is 9.55. The average Bonchev–Trinajstić information content (AvgIpc) is 3.35. The highest BCUT2D eigenvalue weighted by Gasteiger charge is 2.41. The molecule has 0 saturated carbocycles. The summed E-state index contributed by atoms with van der Waals surface area (Å²) >= 11 is 0. The van der Waals surface area contributed by atoms with Gasteiger partial charge < -0.3 is 11.5 Å². The third kappa shape index (κ3) is 4.40. The lowest BCUT2D eigenvalue weighted by Gasteiger charge is -2.17. The lowest BCUT2D eigenvalue weighted by molar-refractivity contribution is 0.0909. The Morgan fingerprint density at radius 2 is 0.795 bits per heavy atom. The van der Waals surface area contributed by atoms with Gasteiger partial charge in [-0.3, -0.25) is 19.2 Å². The van der Waals surface area contributed by atoms with Crippen LogP contribution in [0, 0.1) is 0 Å². The maximum atomic E-state index is 13.4. The summed E-state index contributed by atoms with van der Waals surface area (Å²) in [6.07, 6.45) is 0. The third-order valence-corrected chi connectivity index (χ3v) is 9.05. The number of sulfonamides is 2. The minimum absolute atomic E-state index is 0.00610. The van der Waals surface area contributed by atoms with Crippen LogP contribution in [0.25, 0.3) is 11.1 Å². The number of fused-ring (bicyclic) bond motifs is 2. The first kappa shape index (κ1) is 28.7. The van der Waals surface area contributed by atoms with Crippen LogP contribution in [0.2, 0.25) is 0 Å². The molecular weight excluding hydrogens is 612 g/mol. The van der Waals surface area contributed by atoms with Gasteiger partial charge in [0, 0.05) is 11.4 Å². The summed E-state index contributed by atoms with van der Waals surface area (Å²) in [7, 11) is -8.74. The molecule has 0 fully saturated rings. The lowest BCUT2D eigenvalue weighted by Crippen LogP contribution is -2.31. The van der Waals surface area contributed by atoms with Crippen molar-refractivity contribution < 1.29 is 36.0 Å². The van der Waals surface area contributed by atoms with Gasteiger partial charge in [-0.25, -0.2) is 36.9 Å². The zero-order chi connectivity index (χ0) is 31.9. The Morgan fingerprint density at radius 3 is 1.14 bits per heavy atom. The predicted molar refractivity (Wildman–Crippen MR) is 159 cm³/mol. The Labute approximate surface area is 249 Å². The molecule has 0 bridgehead atoms. The standard InChI is InChI=1S/C28H20N6O8S2/c29-15-3-7-21(23(11-15)43(31,39)40)33-25(35)17-5-1-13(9-19(17)27(33)37)14-2-6-18-20(10-14)28(38)34(26(18)36)22-8-4-16(30)12-24(22)44(32,41)42/h1-12H,29-30H2,(H2,31,39,40)(H2,32,41,42). The van der Waals surface area contributed by atoms with Gasteiger partial charge in [0.05, 0.1) is 33.6 Å². The van der Waals surface area contributed by atoms with Crippen molar-refractivity contribution in [1.82, 2.24) is 0 Å². The average molecular weight is 633 g/mol. The largest absolute Gasteiger partial charge is 0.399 e. The van der Waals surface area contributed by atoms with E-state index in [1.54, 1.807) is 0 Å². The van der Waals surface area contributed by atoms with Crippen LogP contribution in [0.3, 0.4) is 0 Å². The summed E-state index contributed by atoms with van der Waals surface area (Å²) in [6, 6.07) is 15.7. The van der Waals surface area contributed by atoms with Gasteiger partial charge in [0.1, 0.15) is 9.79 Å². The fourth-order valence-electron chi connectivity index (χ4n) is 5.17. The van der Waals surface area contributed by atoms with Crippen molar-refractivity contribution in [2.45, 2.75) is 9.79 Å². The minimum atomic E-state index is -4.37. The molecule has 2 aliphatic heterocycles. The molecule has 0 aromatic heterocycles. The van der Waals surface area contributed by atoms with E-state index in [2.05, 4.69) is 0 Å². The molecule has 0 aliphatic carbocycles. The molecule has 16 heteroatoms. The van der Waals surface area contributed by atoms with Crippen LogP contribution in [0.5, 0.6) is 0 Å². The van der Waals surface area contributed by atoms with Gasteiger partial charge in [0.15, 0.2) is 0 Å². The maximum absolute atomic E-state index is 13.4. The molecule has 6 rings (SSSR count). The molecule has 4 aromatic carbocycles. The normalized spacial score (nSPS) is 14.8. The Balaban J connectivity index is 1.39. The Morgan fingerprint density at radius 1 is 0.455 bits per heavy atom. The number of carbonyl (C=O) groups is 4. The van der Waals surface area contributed by atoms with Gasteiger partial charge in [0.25, 0.3) is 23.6 Å². The van der Waals surface area contributed by atoms with Crippen molar-refractivity contribution in [1.29, 1.82) is 0 Å². The monoisotopic (exact) mass is 632 g/mol. The molecule has 2 heterocycles. The summed E-state index contributed by atoms with van der Waals surface area (Å²) in [6.45, 7) is 0. The molecule has 44 heavy (non-hydrogen) atoms. The number of nitrogens with two attached hydrogens (primary N) is 4. The van der Waals surface area contributed by atoms with E-state index < -0.39 is 53.5 Å². The van der Waals surface area contributed by atoms with Crippen molar-refractivity contribution in [3.8, 4) is 11.1 Å². The van der Waals surface area contributed by atoms with E-state index in [-0.39, 0.29) is 45.0 Å². The highest BCUT2D eigenvalue weighted by molar-refractivity contribution is 7.89. The number of primary sulfonamides is 2. The van der Waals surface area contributed by atoms with Crippen LogP contribution in [0.1, 0.15) is 41.4 Å². The molecule has 4 aromatic rings. The second-order valence-electron chi connectivity index (χ2n) is 9.96. The zero-order valence-electron chi connectivity index (χ0n) is 22.2. The predicted octanol–water partition coefficient (Wildman–Crippen LogP) is 1.41. The Kier molecular flexibility index (Phi) is 6.22. The first-order chi connectivity index (χ1) is 20.6. The van der Waals surface area contributed by atoms with Crippen molar-refractivity contribution >= 4 is 66.4 Å². The molecule has 8 N–H and O–H groups in total. The summed E-state index contributed by atoms with van der Waals surface area (Å²) in [5.74, 6) is -3.21. The molecule has 0 atom stereocenters. The van der Waals surface area contributed by atoms with Crippen LogP contribution < -0.4 is 31.5 Å². The summed E-state index contributed by atoms with van der Waals surface area (Å²) in [4.78, 5) is 53.7. The number of hydrogen-bond acceptors (Lipinski definition) is 10. The maximum Gasteiger partial charge on any atom is 0.266 e. The van der Waals surface area contributed by atoms with E-state index in [4.69, 9.17) is 21.7 Å². The van der Waals surface area contributed by atoms with Crippen LogP contribution >= 0.6 is 0 Å². The van der Waals surface area contributed by atoms with Crippen molar-refractivity contribution in [2.24, 2.45) is 10.3 Å². The Hall–Kier alpha value is -5.42. The Bertz CT molecular complexity index is 2090. The molecule has 14 nitrogen and oxygen atoms in total. The van der Waals surface area contributed by atoms with Gasteiger partial charge in [-0.05, 0) is 71.8 Å². The highest BCUT2D eigenvalue weighted by Crippen LogP contribution is 2.38. The van der Waals surface area contributed by atoms with Gasteiger partial charge in [-0.1, -0.05) is 12.1 Å². The molecule has 0 radical (unpaired) electrons. The van der Waals surface area contributed by atoms with Crippen LogP contribution in [-0.2, 0) is 20.0 Å². The van der Waals surface area contributed by atoms with E-state index in [9.17, 15) is 36.0 Å². The van der Waals surface area contributed by atoms with Crippen molar-refractivity contribution in [3.63, 3.8) is 0 Å². The van der Waals surface area contributed by atoms with E-state index in [0.29, 0.717) is 20.9 Å². The van der Waals surface area contributed by atoms with Crippen LogP contribution in [0.4, 0.5) is 22.7 Å². The molecular formula is C28H20N6O8S2. The van der Waals surface area contributed by atoms with Gasteiger partial charge in [-0.15, -0.1) is 0 Å². The molecule has 2 aliphatic rings. The quantitative estimate of drug-likeness (QED) is 0.182. The highest BCUT2D eigenvalue weighted by atomic mass is 32.2. The van der Waals surface area contributed by atoms with Crippen molar-refractivity contribution in [2.75, 3.05) is 21.3 Å². The minimum Gasteiger partial charge on any atom is -0.399 e. The number of anilines is 4. The molecule has 222 valence electrons. The smallest absolute Gasteiger partial charge is 0.266 e. The summed E-state index contributed by atoms with van der Waals surface area (Å²) in [5.41, 5.74) is 11.6. The zero-order valence-corrected chi connectivity index (χ0v) is 23.8. The number of nitrogen functional groups attached to an aromatic ring is 2. The van der Waals surface area contributed by atoms with E-state index in [0.717, 1.165) is 12.1 Å². The lowest BCUT2D eigenvalue weighted by atomic mass is 9.97. The fraction of sp³-hybridized carbons (Fsp3) is 0. The number of imide groups is 2. The van der Waals surface area contributed by atoms with Crippen LogP contribution in [0.15, 0.2) is 82.6 Å². The first-order valence-electron chi connectivity index (χ1n) is 12.5. The fourth-order valence-corrected chi connectivity index (χ4v) is 6.67. The van der Waals surface area contributed by atoms with Gasteiger partial charge in [-0.2, -0.15) is 0 Å². The molecule has 0 saturated heterocycles. The van der Waals surface area contributed by atoms with E-state index >= 15 is 0 Å². The first-order valence-corrected chi connectivity index (χ1v) is 15.6. The molecule has 0 spiro atoms. The number of amides is 4. The topological polar surface area (TPSA) is 247 Å². The molecule has 4 amide bonds. The summed E-state index contributed by atoms with van der Waals surface area (Å²) in [5, 5.41) is 10.6. The van der Waals surface area contributed by atoms with Gasteiger partial charge in [0.2, 0.25) is 20.0 Å². The number of carbonyl (C=O) groups excluding carboxylic acids is 4. The van der Waals surface area contributed by atoms with Crippen LogP contribution in [-0.4, -0.2) is 40.5 Å².